The van der Waals surface area contributed by atoms with E-state index in [9.17, 15) is 9.59 Å². The van der Waals surface area contributed by atoms with Gasteiger partial charge < -0.3 is 0 Å². The van der Waals surface area contributed by atoms with Crippen LogP contribution in [0, 0.1) is 5.92 Å². The molecule has 0 amide bonds. The molecule has 0 saturated heterocycles. The highest BCUT2D eigenvalue weighted by molar-refractivity contribution is 6.29. The van der Waals surface area contributed by atoms with Gasteiger partial charge in [-0.1, -0.05) is 62.4 Å². The number of fused-ring (bicyclic) bond motifs is 1. The largest absolute Gasteiger partial charge is 0.293 e. The summed E-state index contributed by atoms with van der Waals surface area (Å²) in [6.45, 7) is 4.32. The van der Waals surface area contributed by atoms with Crippen molar-refractivity contribution in [1.82, 2.24) is 0 Å². The van der Waals surface area contributed by atoms with E-state index in [1.165, 1.54) is 5.56 Å². The maximum absolute atomic E-state index is 12.5. The van der Waals surface area contributed by atoms with Crippen molar-refractivity contribution in [3.63, 3.8) is 0 Å². The second-order valence-electron chi connectivity index (χ2n) is 6.05. The van der Waals surface area contributed by atoms with Crippen LogP contribution in [0.15, 0.2) is 48.5 Å². The first-order valence-corrected chi connectivity index (χ1v) is 7.34. The van der Waals surface area contributed by atoms with E-state index >= 15 is 0 Å². The molecule has 2 heteroatoms. The molecule has 0 fully saturated rings. The number of carbonyl (C=O) groups excluding carboxylic acids is 2. The fourth-order valence-corrected chi connectivity index (χ4v) is 3.02. The van der Waals surface area contributed by atoms with Gasteiger partial charge in [0.25, 0.3) is 0 Å². The Labute approximate surface area is 124 Å². The Hall–Kier alpha value is -2.22. The summed E-state index contributed by atoms with van der Waals surface area (Å²) in [6.07, 6.45) is 0.954. The summed E-state index contributed by atoms with van der Waals surface area (Å²) in [4.78, 5) is 25.0. The van der Waals surface area contributed by atoms with Gasteiger partial charge in [-0.05, 0) is 23.5 Å². The Bertz CT molecular complexity index is 678. The molecule has 0 saturated carbocycles. The van der Waals surface area contributed by atoms with Crippen LogP contribution in [-0.2, 0) is 6.42 Å². The van der Waals surface area contributed by atoms with Gasteiger partial charge in [-0.25, -0.2) is 0 Å². The Morgan fingerprint density at radius 3 is 2.10 bits per heavy atom. The van der Waals surface area contributed by atoms with Crippen LogP contribution in [0.25, 0.3) is 0 Å². The lowest BCUT2D eigenvalue weighted by atomic mass is 9.91. The average Bonchev–Trinajstić information content (AvgIpc) is 2.71. The molecular weight excluding hydrogens is 260 g/mol. The van der Waals surface area contributed by atoms with Crippen LogP contribution in [0.4, 0.5) is 0 Å². The lowest BCUT2D eigenvalue weighted by molar-refractivity contribution is 0.0890. The molecule has 2 aromatic rings. The fraction of sp³-hybridized carbons (Fsp3) is 0.263. The van der Waals surface area contributed by atoms with E-state index in [4.69, 9.17) is 0 Å². The number of ketones is 2. The van der Waals surface area contributed by atoms with Crippen molar-refractivity contribution in [2.75, 3.05) is 0 Å². The van der Waals surface area contributed by atoms with Crippen molar-refractivity contribution in [2.45, 2.75) is 26.2 Å². The highest BCUT2D eigenvalue weighted by atomic mass is 16.2. The van der Waals surface area contributed by atoms with Crippen LogP contribution in [0.3, 0.4) is 0 Å². The number of rotatable bonds is 3. The molecule has 2 nitrogen and oxygen atoms in total. The van der Waals surface area contributed by atoms with Gasteiger partial charge in [0.15, 0.2) is 11.6 Å². The predicted octanol–water partition coefficient (Wildman–Crippen LogP) is 4.05. The van der Waals surface area contributed by atoms with Gasteiger partial charge >= 0.3 is 0 Å². The van der Waals surface area contributed by atoms with Crippen LogP contribution in [0.5, 0.6) is 0 Å². The molecular formula is C19H18O2. The summed E-state index contributed by atoms with van der Waals surface area (Å²) in [5, 5.41) is 0. The number of Topliss-reactive ketones (excluding diaryl/α,β-unsaturated/α-hetero) is 2. The zero-order chi connectivity index (χ0) is 15.0. The molecule has 3 rings (SSSR count). The Morgan fingerprint density at radius 2 is 1.52 bits per heavy atom. The highest BCUT2D eigenvalue weighted by Gasteiger charge is 2.39. The molecule has 0 spiro atoms. The van der Waals surface area contributed by atoms with Gasteiger partial charge in [-0.3, -0.25) is 9.59 Å². The fourth-order valence-electron chi connectivity index (χ4n) is 3.02. The Morgan fingerprint density at radius 1 is 0.905 bits per heavy atom. The summed E-state index contributed by atoms with van der Waals surface area (Å²) in [5.41, 5.74) is 3.11. The van der Waals surface area contributed by atoms with Gasteiger partial charge in [0.1, 0.15) is 5.92 Å². The third kappa shape index (κ3) is 2.42. The van der Waals surface area contributed by atoms with Crippen molar-refractivity contribution >= 4 is 11.6 Å². The second-order valence-corrected chi connectivity index (χ2v) is 6.05. The molecule has 21 heavy (non-hydrogen) atoms. The van der Waals surface area contributed by atoms with E-state index in [0.29, 0.717) is 17.0 Å². The first-order chi connectivity index (χ1) is 10.1. The molecule has 0 bridgehead atoms. The van der Waals surface area contributed by atoms with Gasteiger partial charge in [0.2, 0.25) is 0 Å². The molecule has 0 atom stereocenters. The van der Waals surface area contributed by atoms with E-state index in [2.05, 4.69) is 19.9 Å². The lowest BCUT2D eigenvalue weighted by Gasteiger charge is -2.11. The molecule has 1 aliphatic carbocycles. The van der Waals surface area contributed by atoms with Crippen LogP contribution in [0.1, 0.15) is 51.6 Å². The maximum Gasteiger partial charge on any atom is 0.178 e. The Balaban J connectivity index is 1.99. The van der Waals surface area contributed by atoms with Crippen molar-refractivity contribution in [1.29, 1.82) is 0 Å². The molecule has 2 aromatic carbocycles. The minimum atomic E-state index is -0.658. The average molecular weight is 278 g/mol. The maximum atomic E-state index is 12.5. The van der Waals surface area contributed by atoms with Crippen molar-refractivity contribution in [3.8, 4) is 0 Å². The molecule has 1 aliphatic rings. The second kappa shape index (κ2) is 5.28. The first-order valence-electron chi connectivity index (χ1n) is 7.34. The highest BCUT2D eigenvalue weighted by Crippen LogP contribution is 2.34. The lowest BCUT2D eigenvalue weighted by Crippen LogP contribution is -2.13. The third-order valence-corrected chi connectivity index (χ3v) is 3.91. The number of carbonyl (C=O) groups is 2. The smallest absolute Gasteiger partial charge is 0.178 e. The van der Waals surface area contributed by atoms with Gasteiger partial charge in [-0.15, -0.1) is 0 Å². The van der Waals surface area contributed by atoms with E-state index in [1.807, 2.05) is 30.3 Å². The SMILES string of the molecule is CC(C)Cc1cccc(C2C(=O)c3ccccc3C2=O)c1. The quantitative estimate of drug-likeness (QED) is 0.794. The van der Waals surface area contributed by atoms with Crippen LogP contribution < -0.4 is 0 Å². The summed E-state index contributed by atoms with van der Waals surface area (Å²) in [6, 6.07) is 15.0. The standard InChI is InChI=1S/C19H18O2/c1-12(2)10-13-6-5-7-14(11-13)17-18(20)15-8-3-4-9-16(15)19(17)21/h3-9,11-12,17H,10H2,1-2H3. The summed E-state index contributed by atoms with van der Waals surface area (Å²) < 4.78 is 0. The van der Waals surface area contributed by atoms with Crippen molar-refractivity contribution in [3.05, 3.63) is 70.8 Å². The van der Waals surface area contributed by atoms with E-state index < -0.39 is 5.92 Å². The minimum Gasteiger partial charge on any atom is -0.293 e. The topological polar surface area (TPSA) is 34.1 Å². The zero-order valence-electron chi connectivity index (χ0n) is 12.3. The Kier molecular flexibility index (Phi) is 3.46. The summed E-state index contributed by atoms with van der Waals surface area (Å²) >= 11 is 0. The molecule has 0 heterocycles. The molecule has 0 aliphatic heterocycles. The van der Waals surface area contributed by atoms with Crippen LogP contribution in [0.2, 0.25) is 0 Å². The van der Waals surface area contributed by atoms with Gasteiger partial charge in [0.05, 0.1) is 0 Å². The van der Waals surface area contributed by atoms with E-state index in [0.717, 1.165) is 12.0 Å². The van der Waals surface area contributed by atoms with Gasteiger partial charge in [0, 0.05) is 11.1 Å². The normalized spacial score (nSPS) is 14.8. The van der Waals surface area contributed by atoms with E-state index in [-0.39, 0.29) is 11.6 Å². The predicted molar refractivity (Wildman–Crippen MR) is 82.8 cm³/mol. The number of hydrogen-bond acceptors (Lipinski definition) is 2. The molecule has 0 unspecified atom stereocenters. The minimum absolute atomic E-state index is 0.0719. The number of benzene rings is 2. The first kappa shape index (κ1) is 13.7. The molecule has 0 aromatic heterocycles. The van der Waals surface area contributed by atoms with Crippen molar-refractivity contribution in [2.24, 2.45) is 5.92 Å². The monoisotopic (exact) mass is 278 g/mol. The van der Waals surface area contributed by atoms with Crippen LogP contribution in [-0.4, -0.2) is 11.6 Å². The molecule has 0 radical (unpaired) electrons. The zero-order valence-corrected chi connectivity index (χ0v) is 12.3. The number of hydrogen-bond donors (Lipinski definition) is 0. The van der Waals surface area contributed by atoms with E-state index in [1.54, 1.807) is 12.1 Å². The van der Waals surface area contributed by atoms with Crippen molar-refractivity contribution < 1.29 is 9.59 Å². The summed E-state index contributed by atoms with van der Waals surface area (Å²) in [7, 11) is 0. The summed E-state index contributed by atoms with van der Waals surface area (Å²) in [5.74, 6) is -0.253. The molecule has 106 valence electrons. The third-order valence-electron chi connectivity index (χ3n) is 3.91. The van der Waals surface area contributed by atoms with Gasteiger partial charge in [-0.2, -0.15) is 0 Å². The molecule has 0 N–H and O–H groups in total. The van der Waals surface area contributed by atoms with Crippen LogP contribution >= 0.6 is 0 Å².